The Kier molecular flexibility index (Phi) is 5.17. The van der Waals surface area contributed by atoms with E-state index in [4.69, 9.17) is 4.74 Å². The molecule has 132 valence electrons. The molecule has 8 heteroatoms. The maximum atomic E-state index is 13.0. The number of hydrogen-bond donors (Lipinski definition) is 0. The quantitative estimate of drug-likeness (QED) is 0.813. The van der Waals surface area contributed by atoms with Crippen LogP contribution in [0.4, 0.5) is 4.39 Å². The van der Waals surface area contributed by atoms with Gasteiger partial charge in [-0.05, 0) is 37.1 Å². The second-order valence-corrected chi connectivity index (χ2v) is 8.03. The second kappa shape index (κ2) is 7.16. The van der Waals surface area contributed by atoms with Crippen LogP contribution in [0.2, 0.25) is 0 Å². The summed E-state index contributed by atoms with van der Waals surface area (Å²) >= 11 is 0. The van der Waals surface area contributed by atoms with Crippen LogP contribution in [0.3, 0.4) is 0 Å². The van der Waals surface area contributed by atoms with E-state index in [2.05, 4.69) is 0 Å². The van der Waals surface area contributed by atoms with E-state index in [1.165, 1.54) is 16.4 Å². The van der Waals surface area contributed by atoms with Crippen molar-refractivity contribution < 1.29 is 22.3 Å². The van der Waals surface area contributed by atoms with Gasteiger partial charge in [-0.25, -0.2) is 12.8 Å². The number of sulfonamides is 1. The smallest absolute Gasteiger partial charge is 0.243 e. The Hall–Kier alpha value is -1.51. The fraction of sp³-hybridized carbons (Fsp3) is 0.562. The number of rotatable bonds is 3. The van der Waals surface area contributed by atoms with E-state index in [9.17, 15) is 17.6 Å². The molecule has 2 saturated heterocycles. The molecule has 0 saturated carbocycles. The summed E-state index contributed by atoms with van der Waals surface area (Å²) in [6.07, 6.45) is 1.33. The van der Waals surface area contributed by atoms with Gasteiger partial charge in [-0.2, -0.15) is 4.31 Å². The average molecular weight is 356 g/mol. The van der Waals surface area contributed by atoms with Gasteiger partial charge in [0, 0.05) is 26.2 Å². The lowest BCUT2D eigenvalue weighted by atomic mass is 9.98. The maximum absolute atomic E-state index is 13.0. The lowest BCUT2D eigenvalue weighted by Gasteiger charge is -2.35. The fourth-order valence-corrected chi connectivity index (χ4v) is 4.68. The highest BCUT2D eigenvalue weighted by atomic mass is 32.2. The predicted octanol–water partition coefficient (Wildman–Crippen LogP) is 1.09. The van der Waals surface area contributed by atoms with Crippen LogP contribution >= 0.6 is 0 Å². The van der Waals surface area contributed by atoms with Crippen LogP contribution in [-0.4, -0.2) is 62.9 Å². The number of piperidine rings is 1. The molecule has 0 unspecified atom stereocenters. The summed E-state index contributed by atoms with van der Waals surface area (Å²) in [7, 11) is -3.70. The van der Waals surface area contributed by atoms with Gasteiger partial charge in [-0.15, -0.1) is 0 Å². The van der Waals surface area contributed by atoms with Crippen molar-refractivity contribution >= 4 is 15.9 Å². The maximum Gasteiger partial charge on any atom is 0.243 e. The van der Waals surface area contributed by atoms with Gasteiger partial charge in [0.15, 0.2) is 0 Å². The summed E-state index contributed by atoms with van der Waals surface area (Å²) in [5, 5.41) is 0. The van der Waals surface area contributed by atoms with Gasteiger partial charge in [0.2, 0.25) is 15.9 Å². The molecule has 2 aliphatic heterocycles. The molecule has 1 amide bonds. The van der Waals surface area contributed by atoms with Crippen molar-refractivity contribution in [3.8, 4) is 0 Å². The molecule has 1 atom stereocenters. The highest BCUT2D eigenvalue weighted by Gasteiger charge is 2.35. The van der Waals surface area contributed by atoms with Crippen LogP contribution < -0.4 is 0 Å². The standard InChI is InChI=1S/C16H21FN2O4S/c17-14-3-5-15(6-4-14)24(21,22)19-7-1-2-13(12-19)16(20)18-8-10-23-11-9-18/h3-6,13H,1-2,7-12H2/t13-/m0/s1. The summed E-state index contributed by atoms with van der Waals surface area (Å²) < 4.78 is 45.0. The molecule has 0 aliphatic carbocycles. The van der Waals surface area contributed by atoms with Crippen molar-refractivity contribution in [2.24, 2.45) is 5.92 Å². The van der Waals surface area contributed by atoms with Crippen molar-refractivity contribution in [2.45, 2.75) is 17.7 Å². The number of carbonyl (C=O) groups is 1. The Morgan fingerprint density at radius 3 is 2.46 bits per heavy atom. The Morgan fingerprint density at radius 1 is 1.12 bits per heavy atom. The zero-order chi connectivity index (χ0) is 17.2. The summed E-state index contributed by atoms with van der Waals surface area (Å²) in [4.78, 5) is 14.4. The largest absolute Gasteiger partial charge is 0.378 e. The molecule has 2 fully saturated rings. The van der Waals surface area contributed by atoms with E-state index >= 15 is 0 Å². The first kappa shape index (κ1) is 17.3. The molecule has 24 heavy (non-hydrogen) atoms. The molecule has 0 spiro atoms. The number of halogens is 1. The molecule has 2 aliphatic rings. The normalized spacial score (nSPS) is 23.2. The highest BCUT2D eigenvalue weighted by molar-refractivity contribution is 7.89. The topological polar surface area (TPSA) is 66.9 Å². The van der Waals surface area contributed by atoms with Crippen LogP contribution in [0.5, 0.6) is 0 Å². The Morgan fingerprint density at radius 2 is 1.79 bits per heavy atom. The van der Waals surface area contributed by atoms with Gasteiger partial charge in [0.05, 0.1) is 24.0 Å². The van der Waals surface area contributed by atoms with E-state index in [0.717, 1.165) is 12.1 Å². The second-order valence-electron chi connectivity index (χ2n) is 6.09. The SMILES string of the molecule is O=C([C@H]1CCCN(S(=O)(=O)c2ccc(F)cc2)C1)N1CCOCC1. The van der Waals surface area contributed by atoms with E-state index in [1.54, 1.807) is 4.90 Å². The van der Waals surface area contributed by atoms with Gasteiger partial charge < -0.3 is 9.64 Å². The minimum Gasteiger partial charge on any atom is -0.378 e. The molecular formula is C16H21FN2O4S. The molecule has 0 N–H and O–H groups in total. The van der Waals surface area contributed by atoms with Gasteiger partial charge >= 0.3 is 0 Å². The van der Waals surface area contributed by atoms with Crippen LogP contribution in [0.15, 0.2) is 29.2 Å². The van der Waals surface area contributed by atoms with Crippen LogP contribution in [0.1, 0.15) is 12.8 Å². The minimum absolute atomic E-state index is 0.00249. The lowest BCUT2D eigenvalue weighted by molar-refractivity contribution is -0.140. The molecule has 0 radical (unpaired) electrons. The molecule has 2 heterocycles. The molecule has 6 nitrogen and oxygen atoms in total. The number of carbonyl (C=O) groups excluding carboxylic acids is 1. The fourth-order valence-electron chi connectivity index (χ4n) is 3.16. The van der Waals surface area contributed by atoms with E-state index in [-0.39, 0.29) is 23.3 Å². The van der Waals surface area contributed by atoms with Crippen molar-refractivity contribution in [3.63, 3.8) is 0 Å². The molecular weight excluding hydrogens is 335 g/mol. The van der Waals surface area contributed by atoms with Crippen LogP contribution in [0, 0.1) is 11.7 Å². The highest BCUT2D eigenvalue weighted by Crippen LogP contribution is 2.25. The summed E-state index contributed by atoms with van der Waals surface area (Å²) in [5.74, 6) is -0.808. The zero-order valence-corrected chi connectivity index (χ0v) is 14.2. The molecule has 0 bridgehead atoms. The van der Waals surface area contributed by atoms with E-state index in [1.807, 2.05) is 0 Å². The Bertz CT molecular complexity index is 687. The van der Waals surface area contributed by atoms with E-state index < -0.39 is 15.8 Å². The average Bonchev–Trinajstić information content (AvgIpc) is 2.62. The minimum atomic E-state index is -3.70. The van der Waals surface area contributed by atoms with Gasteiger partial charge in [0.1, 0.15) is 5.82 Å². The van der Waals surface area contributed by atoms with Gasteiger partial charge in [-0.3, -0.25) is 4.79 Å². The number of amides is 1. The Labute approximate surface area is 141 Å². The molecule has 0 aromatic heterocycles. The number of morpholine rings is 1. The van der Waals surface area contributed by atoms with Gasteiger partial charge in [0.25, 0.3) is 0 Å². The Balaban J connectivity index is 1.72. The van der Waals surface area contributed by atoms with Crippen molar-refractivity contribution in [1.82, 2.24) is 9.21 Å². The van der Waals surface area contributed by atoms with Gasteiger partial charge in [-0.1, -0.05) is 0 Å². The summed E-state index contributed by atoms with van der Waals surface area (Å²) in [5.41, 5.74) is 0. The lowest BCUT2D eigenvalue weighted by Crippen LogP contribution is -2.49. The predicted molar refractivity (Wildman–Crippen MR) is 85.3 cm³/mol. The molecule has 1 aromatic rings. The number of nitrogens with zero attached hydrogens (tertiary/aromatic N) is 2. The zero-order valence-electron chi connectivity index (χ0n) is 13.4. The van der Waals surface area contributed by atoms with Crippen molar-refractivity contribution in [1.29, 1.82) is 0 Å². The number of benzene rings is 1. The summed E-state index contributed by atoms with van der Waals surface area (Å²) in [6.45, 7) is 2.72. The van der Waals surface area contributed by atoms with Crippen LogP contribution in [-0.2, 0) is 19.6 Å². The van der Waals surface area contributed by atoms with Crippen molar-refractivity contribution in [3.05, 3.63) is 30.1 Å². The monoisotopic (exact) mass is 356 g/mol. The molecule has 3 rings (SSSR count). The third-order valence-electron chi connectivity index (χ3n) is 4.51. The molecule has 1 aromatic carbocycles. The van der Waals surface area contributed by atoms with Crippen LogP contribution in [0.25, 0.3) is 0 Å². The van der Waals surface area contributed by atoms with E-state index in [0.29, 0.717) is 45.7 Å². The first-order valence-corrected chi connectivity index (χ1v) is 9.55. The summed E-state index contributed by atoms with van der Waals surface area (Å²) in [6, 6.07) is 4.79. The number of hydrogen-bond acceptors (Lipinski definition) is 4. The first-order chi connectivity index (χ1) is 11.5. The van der Waals surface area contributed by atoms with Crippen molar-refractivity contribution in [2.75, 3.05) is 39.4 Å². The first-order valence-electron chi connectivity index (χ1n) is 8.11. The number of ether oxygens (including phenoxy) is 1. The third-order valence-corrected chi connectivity index (χ3v) is 6.39. The third kappa shape index (κ3) is 3.60.